The molecule has 0 spiro atoms. The van der Waals surface area contributed by atoms with Crippen molar-refractivity contribution in [3.05, 3.63) is 77.8 Å². The topological polar surface area (TPSA) is 101 Å². The Bertz CT molecular complexity index is 1360. The molecule has 0 aliphatic heterocycles. The van der Waals surface area contributed by atoms with Crippen molar-refractivity contribution in [1.29, 1.82) is 0 Å². The fourth-order valence-corrected chi connectivity index (χ4v) is 4.43. The number of nitrogens with zero attached hydrogens (tertiary/aromatic N) is 4. The number of allylic oxidation sites excluding steroid dienone is 1. The quantitative estimate of drug-likeness (QED) is 0.392. The maximum absolute atomic E-state index is 14.4. The van der Waals surface area contributed by atoms with Gasteiger partial charge in [-0.25, -0.2) is 13.8 Å². The molecule has 3 heterocycles. The van der Waals surface area contributed by atoms with Crippen LogP contribution in [0.2, 0.25) is 0 Å². The molecular weight excluding hydrogens is 426 g/mol. The highest BCUT2D eigenvalue weighted by molar-refractivity contribution is 5.66. The van der Waals surface area contributed by atoms with Crippen molar-refractivity contribution < 1.29 is 13.9 Å². The minimum absolute atomic E-state index is 0.00338. The van der Waals surface area contributed by atoms with Gasteiger partial charge in [-0.05, 0) is 49.4 Å². The van der Waals surface area contributed by atoms with Crippen molar-refractivity contribution >= 4 is 17.2 Å². The lowest BCUT2D eigenvalue weighted by Crippen LogP contribution is -2.25. The standard InChI is InChI=1S/C24H22F2N6O/c1-13-6-14(8-15(27)7-13)18-4-5-28-12-22(18)30-24-29-11-16-2-3-21(31-32(16)24)23-19(25)9-17(33)10-20(23)26/h2-5,7,9-12,14-15,33H,6,8,27H2,1H3,(H,29,30). The van der Waals surface area contributed by atoms with Gasteiger partial charge in [0, 0.05) is 24.4 Å². The van der Waals surface area contributed by atoms with Crippen LogP contribution in [-0.4, -0.2) is 30.7 Å². The predicted molar refractivity (Wildman–Crippen MR) is 121 cm³/mol. The van der Waals surface area contributed by atoms with E-state index in [1.807, 2.05) is 6.07 Å². The first kappa shape index (κ1) is 21.0. The maximum atomic E-state index is 14.4. The number of fused-ring (bicyclic) bond motifs is 1. The summed E-state index contributed by atoms with van der Waals surface area (Å²) < 4.78 is 30.3. The number of phenolic OH excluding ortho intramolecular Hbond substituents is 1. The molecule has 4 aromatic rings. The van der Waals surface area contributed by atoms with Gasteiger partial charge in [0.25, 0.3) is 0 Å². The summed E-state index contributed by atoms with van der Waals surface area (Å²) in [7, 11) is 0. The molecule has 0 bridgehead atoms. The van der Waals surface area contributed by atoms with Crippen LogP contribution in [-0.2, 0) is 0 Å². The van der Waals surface area contributed by atoms with Crippen molar-refractivity contribution in [2.75, 3.05) is 5.32 Å². The Balaban J connectivity index is 1.53. The fourth-order valence-electron chi connectivity index (χ4n) is 4.43. The van der Waals surface area contributed by atoms with E-state index in [0.29, 0.717) is 11.5 Å². The van der Waals surface area contributed by atoms with Gasteiger partial charge in [0.05, 0.1) is 34.9 Å². The Kier molecular flexibility index (Phi) is 5.26. The summed E-state index contributed by atoms with van der Waals surface area (Å²) in [4.78, 5) is 8.65. The van der Waals surface area contributed by atoms with Crippen molar-refractivity contribution in [2.45, 2.75) is 31.7 Å². The molecule has 2 atom stereocenters. The number of nitrogens with one attached hydrogen (secondary N) is 1. The van der Waals surface area contributed by atoms with Crippen LogP contribution in [0.3, 0.4) is 0 Å². The summed E-state index contributed by atoms with van der Waals surface area (Å²) in [5, 5.41) is 17.1. The van der Waals surface area contributed by atoms with Crippen LogP contribution in [0.25, 0.3) is 16.8 Å². The number of halogens is 2. The zero-order valence-electron chi connectivity index (χ0n) is 17.8. The van der Waals surface area contributed by atoms with Crippen molar-refractivity contribution in [3.63, 3.8) is 0 Å². The van der Waals surface area contributed by atoms with E-state index in [1.54, 1.807) is 24.7 Å². The Morgan fingerprint density at radius 1 is 1.15 bits per heavy atom. The van der Waals surface area contributed by atoms with Gasteiger partial charge in [-0.15, -0.1) is 0 Å². The van der Waals surface area contributed by atoms with E-state index in [0.717, 1.165) is 36.2 Å². The van der Waals surface area contributed by atoms with Crippen LogP contribution >= 0.6 is 0 Å². The lowest BCUT2D eigenvalue weighted by atomic mass is 9.82. The Morgan fingerprint density at radius 2 is 1.94 bits per heavy atom. The molecule has 0 fully saturated rings. The predicted octanol–water partition coefficient (Wildman–Crippen LogP) is 4.67. The summed E-state index contributed by atoms with van der Waals surface area (Å²) >= 11 is 0. The number of phenols is 1. The number of nitrogens with two attached hydrogens (primary N) is 1. The molecule has 4 N–H and O–H groups in total. The molecule has 0 radical (unpaired) electrons. The highest BCUT2D eigenvalue weighted by Gasteiger charge is 2.23. The first-order valence-corrected chi connectivity index (χ1v) is 10.6. The highest BCUT2D eigenvalue weighted by atomic mass is 19.1. The number of pyridine rings is 1. The summed E-state index contributed by atoms with van der Waals surface area (Å²) in [6, 6.07) is 6.85. The molecule has 33 heavy (non-hydrogen) atoms. The fraction of sp³-hybridized carbons (Fsp3) is 0.208. The molecule has 1 aromatic carbocycles. The van der Waals surface area contributed by atoms with Crippen LogP contribution in [0.15, 0.2) is 60.6 Å². The monoisotopic (exact) mass is 448 g/mol. The van der Waals surface area contributed by atoms with Crippen LogP contribution < -0.4 is 11.1 Å². The zero-order chi connectivity index (χ0) is 23.1. The van der Waals surface area contributed by atoms with E-state index in [-0.39, 0.29) is 23.2 Å². The number of hydrogen-bond acceptors (Lipinski definition) is 6. The smallest absolute Gasteiger partial charge is 0.229 e. The average Bonchev–Trinajstić information content (AvgIpc) is 3.15. The van der Waals surface area contributed by atoms with Gasteiger partial charge in [0.1, 0.15) is 17.4 Å². The third-order valence-electron chi connectivity index (χ3n) is 5.83. The lowest BCUT2D eigenvalue weighted by molar-refractivity contribution is 0.461. The first-order chi connectivity index (χ1) is 15.9. The van der Waals surface area contributed by atoms with E-state index in [9.17, 15) is 13.9 Å². The summed E-state index contributed by atoms with van der Waals surface area (Å²) in [6.45, 7) is 2.08. The van der Waals surface area contributed by atoms with Crippen molar-refractivity contribution in [1.82, 2.24) is 19.6 Å². The van der Waals surface area contributed by atoms with Gasteiger partial charge in [-0.2, -0.15) is 9.61 Å². The normalized spacial score (nSPS) is 18.4. The highest BCUT2D eigenvalue weighted by Crippen LogP contribution is 2.36. The van der Waals surface area contributed by atoms with Gasteiger partial charge in [0.2, 0.25) is 5.95 Å². The zero-order valence-corrected chi connectivity index (χ0v) is 17.8. The number of rotatable bonds is 4. The summed E-state index contributed by atoms with van der Waals surface area (Å²) in [5.74, 6) is -1.68. The molecule has 0 saturated carbocycles. The number of aromatic hydroxyl groups is 1. The molecule has 168 valence electrons. The molecule has 7 nitrogen and oxygen atoms in total. The van der Waals surface area contributed by atoms with Crippen LogP contribution in [0.4, 0.5) is 20.4 Å². The van der Waals surface area contributed by atoms with Gasteiger partial charge >= 0.3 is 0 Å². The van der Waals surface area contributed by atoms with E-state index in [1.165, 1.54) is 16.2 Å². The number of benzene rings is 1. The summed E-state index contributed by atoms with van der Waals surface area (Å²) in [5.41, 5.74) is 9.68. The molecule has 2 unspecified atom stereocenters. The minimum atomic E-state index is -0.902. The second-order valence-electron chi connectivity index (χ2n) is 8.32. The first-order valence-electron chi connectivity index (χ1n) is 10.6. The van der Waals surface area contributed by atoms with Crippen molar-refractivity contribution in [2.24, 2.45) is 5.73 Å². The number of imidazole rings is 1. The molecule has 3 aromatic heterocycles. The van der Waals surface area contributed by atoms with Crippen LogP contribution in [0.1, 0.15) is 31.2 Å². The third-order valence-corrected chi connectivity index (χ3v) is 5.83. The lowest BCUT2D eigenvalue weighted by Gasteiger charge is -2.27. The van der Waals surface area contributed by atoms with E-state index in [2.05, 4.69) is 33.4 Å². The van der Waals surface area contributed by atoms with Gasteiger partial charge < -0.3 is 16.2 Å². The molecule has 1 aliphatic carbocycles. The van der Waals surface area contributed by atoms with E-state index >= 15 is 0 Å². The van der Waals surface area contributed by atoms with Crippen LogP contribution in [0.5, 0.6) is 5.75 Å². The average molecular weight is 448 g/mol. The number of hydrogen-bond donors (Lipinski definition) is 3. The Morgan fingerprint density at radius 3 is 2.70 bits per heavy atom. The molecule has 9 heteroatoms. The molecule has 1 aliphatic rings. The van der Waals surface area contributed by atoms with Gasteiger partial charge in [-0.3, -0.25) is 4.98 Å². The van der Waals surface area contributed by atoms with E-state index < -0.39 is 17.4 Å². The second-order valence-corrected chi connectivity index (χ2v) is 8.32. The van der Waals surface area contributed by atoms with Crippen LogP contribution in [0, 0.1) is 11.6 Å². The number of anilines is 2. The number of aromatic nitrogens is 4. The van der Waals surface area contributed by atoms with E-state index in [4.69, 9.17) is 5.73 Å². The van der Waals surface area contributed by atoms with Gasteiger partial charge in [0.15, 0.2) is 0 Å². The minimum Gasteiger partial charge on any atom is -0.508 e. The second kappa shape index (κ2) is 8.25. The summed E-state index contributed by atoms with van der Waals surface area (Å²) in [6.07, 6.45) is 8.90. The SMILES string of the molecule is CC1=CC(N)CC(c2ccncc2Nc2ncc3ccc(-c4c(F)cc(O)cc4F)nn23)C1. The molecule has 5 rings (SSSR count). The molecule has 0 amide bonds. The molecule has 0 saturated heterocycles. The van der Waals surface area contributed by atoms with Crippen molar-refractivity contribution in [3.8, 4) is 17.0 Å². The Labute approximate surface area is 188 Å². The largest absolute Gasteiger partial charge is 0.508 e. The molecular formula is C24H22F2N6O. The maximum Gasteiger partial charge on any atom is 0.229 e. The third kappa shape index (κ3) is 4.03. The van der Waals surface area contributed by atoms with Gasteiger partial charge in [-0.1, -0.05) is 11.6 Å². The Hall–Kier alpha value is -3.85.